The molecule has 0 radical (unpaired) electrons. The molecular formula is C19H18O6. The lowest BCUT2D eigenvalue weighted by Crippen LogP contribution is -2.02. The average Bonchev–Trinajstić information content (AvgIpc) is 2.95. The van der Waals surface area contributed by atoms with E-state index in [1.165, 1.54) is 13.2 Å². The minimum Gasteiger partial charge on any atom is -0.485 e. The van der Waals surface area contributed by atoms with Crippen LogP contribution in [0, 0.1) is 20.8 Å². The minimum absolute atomic E-state index is 0.139. The van der Waals surface area contributed by atoms with E-state index >= 15 is 0 Å². The summed E-state index contributed by atoms with van der Waals surface area (Å²) in [6.45, 7) is 5.52. The highest BCUT2D eigenvalue weighted by molar-refractivity contribution is 5.90. The molecule has 0 aliphatic heterocycles. The first-order chi connectivity index (χ1) is 11.9. The van der Waals surface area contributed by atoms with E-state index in [4.69, 9.17) is 18.3 Å². The third-order valence-electron chi connectivity index (χ3n) is 4.06. The molecule has 6 nitrogen and oxygen atoms in total. The van der Waals surface area contributed by atoms with Crippen LogP contribution in [0.2, 0.25) is 0 Å². The summed E-state index contributed by atoms with van der Waals surface area (Å²) in [6.07, 6.45) is 0. The van der Waals surface area contributed by atoms with Crippen LogP contribution in [0.3, 0.4) is 0 Å². The molecule has 0 fully saturated rings. The Morgan fingerprint density at radius 1 is 1.12 bits per heavy atom. The predicted molar refractivity (Wildman–Crippen MR) is 91.1 cm³/mol. The number of hydrogen-bond acceptors (Lipinski definition) is 6. The Morgan fingerprint density at radius 2 is 1.88 bits per heavy atom. The summed E-state index contributed by atoms with van der Waals surface area (Å²) in [4.78, 5) is 23.2. The molecule has 130 valence electrons. The van der Waals surface area contributed by atoms with Crippen LogP contribution >= 0.6 is 0 Å². The standard InChI is InChI=1S/C19H18O6/c1-10-7-17(20)25-18-11(2)16(6-5-14(10)18)23-9-13-8-15(12(3)24-13)19(21)22-4/h5-8H,9H2,1-4H3. The molecule has 0 unspecified atom stereocenters. The second-order valence-corrected chi connectivity index (χ2v) is 5.78. The molecule has 2 heterocycles. The van der Waals surface area contributed by atoms with Gasteiger partial charge >= 0.3 is 11.6 Å². The molecule has 0 aliphatic carbocycles. The monoisotopic (exact) mass is 342 g/mol. The topological polar surface area (TPSA) is 78.9 Å². The van der Waals surface area contributed by atoms with E-state index in [0.717, 1.165) is 16.5 Å². The van der Waals surface area contributed by atoms with Crippen molar-refractivity contribution < 1.29 is 23.1 Å². The van der Waals surface area contributed by atoms with Crippen LogP contribution < -0.4 is 10.4 Å². The van der Waals surface area contributed by atoms with Gasteiger partial charge in [-0.1, -0.05) is 0 Å². The van der Waals surface area contributed by atoms with Crippen molar-refractivity contribution in [1.29, 1.82) is 0 Å². The van der Waals surface area contributed by atoms with Crippen LogP contribution in [0.4, 0.5) is 0 Å². The summed E-state index contributed by atoms with van der Waals surface area (Å²) >= 11 is 0. The van der Waals surface area contributed by atoms with Crippen LogP contribution in [0.5, 0.6) is 5.75 Å². The van der Waals surface area contributed by atoms with Crippen molar-refractivity contribution in [2.45, 2.75) is 27.4 Å². The van der Waals surface area contributed by atoms with Crippen molar-refractivity contribution >= 4 is 16.9 Å². The Labute approximate surface area is 144 Å². The molecule has 0 atom stereocenters. The number of benzene rings is 1. The minimum atomic E-state index is -0.452. The molecular weight excluding hydrogens is 324 g/mol. The van der Waals surface area contributed by atoms with E-state index in [1.807, 2.05) is 26.0 Å². The molecule has 0 N–H and O–H groups in total. The Kier molecular flexibility index (Phi) is 4.35. The number of furan rings is 1. The molecule has 0 amide bonds. The van der Waals surface area contributed by atoms with E-state index in [-0.39, 0.29) is 6.61 Å². The third-order valence-corrected chi connectivity index (χ3v) is 4.06. The lowest BCUT2D eigenvalue weighted by atomic mass is 10.1. The summed E-state index contributed by atoms with van der Waals surface area (Å²) in [6, 6.07) is 6.73. The van der Waals surface area contributed by atoms with E-state index < -0.39 is 11.6 Å². The Bertz CT molecular complexity index is 1010. The van der Waals surface area contributed by atoms with Gasteiger partial charge in [0.15, 0.2) is 0 Å². The number of methoxy groups -OCH3 is 1. The Hall–Kier alpha value is -3.02. The summed E-state index contributed by atoms with van der Waals surface area (Å²) < 4.78 is 21.3. The lowest BCUT2D eigenvalue weighted by molar-refractivity contribution is 0.0599. The first-order valence-electron chi connectivity index (χ1n) is 7.75. The zero-order chi connectivity index (χ0) is 18.1. The van der Waals surface area contributed by atoms with Gasteiger partial charge in [0.1, 0.15) is 35.0 Å². The fraction of sp³-hybridized carbons (Fsp3) is 0.263. The van der Waals surface area contributed by atoms with Crippen LogP contribution in [-0.2, 0) is 11.3 Å². The van der Waals surface area contributed by atoms with E-state index in [1.54, 1.807) is 13.0 Å². The Balaban J connectivity index is 1.88. The summed E-state index contributed by atoms with van der Waals surface area (Å²) in [5.41, 5.74) is 2.07. The molecule has 6 heteroatoms. The van der Waals surface area contributed by atoms with Gasteiger partial charge in [-0.05, 0) is 44.5 Å². The van der Waals surface area contributed by atoms with Gasteiger partial charge in [-0.25, -0.2) is 9.59 Å². The number of fused-ring (bicyclic) bond motifs is 1. The van der Waals surface area contributed by atoms with Gasteiger partial charge in [-0.3, -0.25) is 0 Å². The van der Waals surface area contributed by atoms with E-state index in [2.05, 4.69) is 0 Å². The molecule has 3 aromatic rings. The van der Waals surface area contributed by atoms with E-state index in [0.29, 0.717) is 28.4 Å². The van der Waals surface area contributed by atoms with Crippen LogP contribution in [0.25, 0.3) is 11.0 Å². The summed E-state index contributed by atoms with van der Waals surface area (Å²) in [7, 11) is 1.32. The number of esters is 1. The highest BCUT2D eigenvalue weighted by atomic mass is 16.5. The number of carbonyl (C=O) groups excluding carboxylic acids is 1. The van der Waals surface area contributed by atoms with Gasteiger partial charge in [0, 0.05) is 17.0 Å². The second-order valence-electron chi connectivity index (χ2n) is 5.78. The zero-order valence-corrected chi connectivity index (χ0v) is 14.5. The first-order valence-corrected chi connectivity index (χ1v) is 7.75. The Morgan fingerprint density at radius 3 is 2.60 bits per heavy atom. The van der Waals surface area contributed by atoms with Gasteiger partial charge in [0.05, 0.1) is 7.11 Å². The number of carbonyl (C=O) groups is 1. The lowest BCUT2D eigenvalue weighted by Gasteiger charge is -2.10. The highest BCUT2D eigenvalue weighted by Gasteiger charge is 2.16. The maximum atomic E-state index is 11.6. The maximum absolute atomic E-state index is 11.6. The number of aryl methyl sites for hydroxylation is 3. The third kappa shape index (κ3) is 3.15. The average molecular weight is 342 g/mol. The van der Waals surface area contributed by atoms with Gasteiger partial charge in [-0.2, -0.15) is 0 Å². The summed E-state index contributed by atoms with van der Waals surface area (Å²) in [5.74, 6) is 1.10. The number of rotatable bonds is 4. The smallest absolute Gasteiger partial charge is 0.341 e. The van der Waals surface area contributed by atoms with Gasteiger partial charge < -0.3 is 18.3 Å². The molecule has 1 aromatic carbocycles. The molecule has 0 saturated carbocycles. The van der Waals surface area contributed by atoms with Crippen LogP contribution in [0.1, 0.15) is 33.0 Å². The van der Waals surface area contributed by atoms with E-state index in [9.17, 15) is 9.59 Å². The van der Waals surface area contributed by atoms with Crippen molar-refractivity contribution in [2.75, 3.05) is 7.11 Å². The molecule has 0 saturated heterocycles. The van der Waals surface area contributed by atoms with Gasteiger partial charge in [-0.15, -0.1) is 0 Å². The normalized spacial score (nSPS) is 10.9. The molecule has 0 bridgehead atoms. The van der Waals surface area contributed by atoms with Crippen LogP contribution in [0.15, 0.2) is 37.9 Å². The zero-order valence-electron chi connectivity index (χ0n) is 14.5. The molecule has 2 aromatic heterocycles. The highest BCUT2D eigenvalue weighted by Crippen LogP contribution is 2.29. The molecule has 0 spiro atoms. The molecule has 25 heavy (non-hydrogen) atoms. The quantitative estimate of drug-likeness (QED) is 0.532. The van der Waals surface area contributed by atoms with Crippen molar-refractivity contribution in [1.82, 2.24) is 0 Å². The van der Waals surface area contributed by atoms with Crippen LogP contribution in [-0.4, -0.2) is 13.1 Å². The van der Waals surface area contributed by atoms with Gasteiger partial charge in [0.2, 0.25) is 0 Å². The van der Waals surface area contributed by atoms with Crippen molar-refractivity contribution in [3.8, 4) is 5.75 Å². The molecule has 3 rings (SSSR count). The predicted octanol–water partition coefficient (Wildman–Crippen LogP) is 3.68. The number of hydrogen-bond donors (Lipinski definition) is 0. The maximum Gasteiger partial charge on any atom is 0.341 e. The fourth-order valence-corrected chi connectivity index (χ4v) is 2.73. The van der Waals surface area contributed by atoms with Crippen molar-refractivity contribution in [3.63, 3.8) is 0 Å². The fourth-order valence-electron chi connectivity index (χ4n) is 2.73. The largest absolute Gasteiger partial charge is 0.485 e. The molecule has 0 aliphatic rings. The number of ether oxygens (including phenoxy) is 2. The SMILES string of the molecule is COC(=O)c1cc(COc2ccc3c(C)cc(=O)oc3c2C)oc1C. The van der Waals surface area contributed by atoms with Crippen molar-refractivity contribution in [2.24, 2.45) is 0 Å². The summed E-state index contributed by atoms with van der Waals surface area (Å²) in [5, 5.41) is 0.867. The van der Waals surface area contributed by atoms with Gasteiger partial charge in [0.25, 0.3) is 0 Å². The second kappa shape index (κ2) is 6.47. The van der Waals surface area contributed by atoms with Crippen molar-refractivity contribution in [3.05, 3.63) is 62.9 Å². The first kappa shape index (κ1) is 16.8.